The van der Waals surface area contributed by atoms with Gasteiger partial charge in [-0.3, -0.25) is 24.1 Å². The molecule has 4 fully saturated rings. The largest absolute Gasteiger partial charge is 0.352 e. The van der Waals surface area contributed by atoms with E-state index in [4.69, 9.17) is 11.6 Å². The third-order valence-electron chi connectivity index (χ3n) is 12.0. The van der Waals surface area contributed by atoms with Crippen LogP contribution in [0.15, 0.2) is 78.9 Å². The number of likely N-dealkylation sites (N-methyl/N-ethyl adjacent to an activating group) is 1. The van der Waals surface area contributed by atoms with Crippen molar-refractivity contribution >= 4 is 40.9 Å². The summed E-state index contributed by atoms with van der Waals surface area (Å²) < 4.78 is 0. The van der Waals surface area contributed by atoms with Gasteiger partial charge in [-0.25, -0.2) is 0 Å². The SMILES string of the molecule is CN1CCN(Cc2ccc(C(=O)NC(Cc3ccc(Cl)cc3)C(=O)N3CCC4(CC3)C(=O)N(CC(=O)NC3CCCCC3)CN4c3ccccc3)cc2)CC1. The molecule has 292 valence electrons. The van der Waals surface area contributed by atoms with Gasteiger partial charge in [-0.2, -0.15) is 0 Å². The third kappa shape index (κ3) is 9.34. The Hall–Kier alpha value is -4.45. The van der Waals surface area contributed by atoms with Crippen LogP contribution in [-0.4, -0.2) is 120 Å². The molecule has 2 N–H and O–H groups in total. The summed E-state index contributed by atoms with van der Waals surface area (Å²) in [6, 6.07) is 24.2. The zero-order valence-electron chi connectivity index (χ0n) is 31.9. The van der Waals surface area contributed by atoms with E-state index in [1.807, 2.05) is 66.7 Å². The Morgan fingerprint density at radius 2 is 1.47 bits per heavy atom. The normalized spacial score (nSPS) is 20.1. The first-order valence-electron chi connectivity index (χ1n) is 19.9. The number of likely N-dealkylation sites (tertiary alicyclic amines) is 1. The molecule has 3 aromatic rings. The highest BCUT2D eigenvalue weighted by Gasteiger charge is 2.54. The van der Waals surface area contributed by atoms with E-state index in [0.29, 0.717) is 49.6 Å². The summed E-state index contributed by atoms with van der Waals surface area (Å²) in [7, 11) is 2.14. The van der Waals surface area contributed by atoms with Crippen molar-refractivity contribution in [1.82, 2.24) is 30.2 Å². The number of piperazine rings is 1. The molecule has 1 atom stereocenters. The molecule has 4 aliphatic rings. The minimum atomic E-state index is -0.885. The highest BCUT2D eigenvalue weighted by atomic mass is 35.5. The molecule has 1 saturated carbocycles. The molecule has 3 saturated heterocycles. The number of anilines is 1. The van der Waals surface area contributed by atoms with Crippen LogP contribution in [0.4, 0.5) is 5.69 Å². The summed E-state index contributed by atoms with van der Waals surface area (Å²) in [5.74, 6) is -0.701. The number of piperidine rings is 1. The Balaban J connectivity index is 1.04. The minimum Gasteiger partial charge on any atom is -0.352 e. The van der Waals surface area contributed by atoms with Gasteiger partial charge >= 0.3 is 0 Å². The summed E-state index contributed by atoms with van der Waals surface area (Å²) >= 11 is 6.18. The number of hydrogen-bond donors (Lipinski definition) is 2. The first-order chi connectivity index (χ1) is 26.7. The standard InChI is InChI=1S/C43H54ClN7O4/c1-47-24-26-48(27-25-47)29-33-12-16-34(17-13-33)40(53)46-38(28-32-14-18-35(44)19-15-32)41(54)49-22-20-43(21-23-49)42(55)50(31-51(43)37-10-6-3-7-11-37)30-39(52)45-36-8-4-2-5-9-36/h3,6-7,10-19,36,38H,2,4-5,8-9,20-31H2,1H3,(H,45,52)(H,46,53). The van der Waals surface area contributed by atoms with Crippen molar-refractivity contribution in [3.8, 4) is 0 Å². The van der Waals surface area contributed by atoms with Crippen molar-refractivity contribution in [2.24, 2.45) is 0 Å². The summed E-state index contributed by atoms with van der Waals surface area (Å²) in [4.78, 5) is 66.0. The maximum Gasteiger partial charge on any atom is 0.251 e. The van der Waals surface area contributed by atoms with Gasteiger partial charge in [0, 0.05) is 74.5 Å². The van der Waals surface area contributed by atoms with E-state index in [2.05, 4.69) is 32.4 Å². The van der Waals surface area contributed by atoms with Crippen LogP contribution in [0.3, 0.4) is 0 Å². The van der Waals surface area contributed by atoms with Gasteiger partial charge in [-0.1, -0.05) is 73.3 Å². The fourth-order valence-corrected chi connectivity index (χ4v) is 8.78. The lowest BCUT2D eigenvalue weighted by Gasteiger charge is -2.44. The number of carbonyl (C=O) groups is 4. The second-order valence-corrected chi connectivity index (χ2v) is 16.2. The molecule has 3 aliphatic heterocycles. The average Bonchev–Trinajstić information content (AvgIpc) is 3.46. The van der Waals surface area contributed by atoms with Crippen LogP contribution in [0.5, 0.6) is 0 Å². The van der Waals surface area contributed by atoms with E-state index in [-0.39, 0.29) is 36.2 Å². The highest BCUT2D eigenvalue weighted by Crippen LogP contribution is 2.39. The molecule has 1 aliphatic carbocycles. The third-order valence-corrected chi connectivity index (χ3v) is 12.2. The number of carbonyl (C=O) groups excluding carboxylic acids is 4. The van der Waals surface area contributed by atoms with Gasteiger partial charge in [-0.05, 0) is 80.3 Å². The van der Waals surface area contributed by atoms with Gasteiger partial charge < -0.3 is 30.2 Å². The summed E-state index contributed by atoms with van der Waals surface area (Å²) in [6.45, 7) is 5.93. The van der Waals surface area contributed by atoms with Gasteiger partial charge in [0.25, 0.3) is 11.8 Å². The van der Waals surface area contributed by atoms with Crippen LogP contribution in [-0.2, 0) is 27.3 Å². The minimum absolute atomic E-state index is 0.00902. The van der Waals surface area contributed by atoms with Gasteiger partial charge in [-0.15, -0.1) is 0 Å². The molecule has 7 rings (SSSR count). The van der Waals surface area contributed by atoms with Crippen molar-refractivity contribution in [2.45, 2.75) is 75.5 Å². The van der Waals surface area contributed by atoms with Crippen LogP contribution < -0.4 is 15.5 Å². The lowest BCUT2D eigenvalue weighted by molar-refractivity contribution is -0.140. The van der Waals surface area contributed by atoms with Crippen LogP contribution in [0, 0.1) is 0 Å². The average molecular weight is 768 g/mol. The molecule has 0 bridgehead atoms. The van der Waals surface area contributed by atoms with Crippen LogP contribution in [0.25, 0.3) is 0 Å². The fourth-order valence-electron chi connectivity index (χ4n) is 8.66. The van der Waals surface area contributed by atoms with Gasteiger partial charge in [0.2, 0.25) is 11.8 Å². The molecule has 0 aromatic heterocycles. The van der Waals surface area contributed by atoms with E-state index in [0.717, 1.165) is 75.2 Å². The quantitative estimate of drug-likeness (QED) is 0.295. The smallest absolute Gasteiger partial charge is 0.251 e. The number of hydrogen-bond acceptors (Lipinski definition) is 7. The van der Waals surface area contributed by atoms with Crippen LogP contribution in [0.2, 0.25) is 5.02 Å². The topological polar surface area (TPSA) is 109 Å². The number of para-hydroxylation sites is 1. The van der Waals surface area contributed by atoms with Crippen molar-refractivity contribution in [2.75, 3.05) is 64.4 Å². The van der Waals surface area contributed by atoms with Crippen molar-refractivity contribution in [1.29, 1.82) is 0 Å². The predicted molar refractivity (Wildman–Crippen MR) is 215 cm³/mol. The number of nitrogens with one attached hydrogen (secondary N) is 2. The summed E-state index contributed by atoms with van der Waals surface area (Å²) in [5, 5.41) is 6.82. The first kappa shape index (κ1) is 38.8. The molecule has 12 heteroatoms. The molecular weight excluding hydrogens is 714 g/mol. The Bertz CT molecular complexity index is 1790. The molecular formula is C43H54ClN7O4. The number of benzene rings is 3. The van der Waals surface area contributed by atoms with Gasteiger partial charge in [0.15, 0.2) is 0 Å². The van der Waals surface area contributed by atoms with E-state index in [1.165, 1.54) is 6.42 Å². The van der Waals surface area contributed by atoms with Gasteiger partial charge in [0.1, 0.15) is 18.1 Å². The molecule has 0 radical (unpaired) electrons. The lowest BCUT2D eigenvalue weighted by atomic mass is 9.85. The van der Waals surface area contributed by atoms with E-state index >= 15 is 0 Å². The number of nitrogens with zero attached hydrogens (tertiary/aromatic N) is 5. The summed E-state index contributed by atoms with van der Waals surface area (Å²) in [5.41, 5.74) is 2.54. The monoisotopic (exact) mass is 767 g/mol. The Labute approximate surface area is 329 Å². The second kappa shape index (κ2) is 17.6. The van der Waals surface area contributed by atoms with Crippen molar-refractivity contribution < 1.29 is 19.2 Å². The number of halogens is 1. The van der Waals surface area contributed by atoms with E-state index in [9.17, 15) is 19.2 Å². The van der Waals surface area contributed by atoms with Crippen LogP contribution in [0.1, 0.15) is 66.4 Å². The highest BCUT2D eigenvalue weighted by molar-refractivity contribution is 6.30. The molecule has 11 nitrogen and oxygen atoms in total. The lowest BCUT2D eigenvalue weighted by Crippen LogP contribution is -2.60. The maximum absolute atomic E-state index is 14.4. The van der Waals surface area contributed by atoms with Gasteiger partial charge in [0.05, 0.1) is 6.67 Å². The molecule has 1 spiro atoms. The number of amides is 4. The van der Waals surface area contributed by atoms with E-state index in [1.54, 1.807) is 21.9 Å². The predicted octanol–water partition coefficient (Wildman–Crippen LogP) is 4.54. The van der Waals surface area contributed by atoms with Crippen molar-refractivity contribution in [3.05, 3.63) is 101 Å². The van der Waals surface area contributed by atoms with Crippen LogP contribution >= 0.6 is 11.6 Å². The Morgan fingerprint density at radius 1 is 0.818 bits per heavy atom. The van der Waals surface area contributed by atoms with Crippen molar-refractivity contribution in [3.63, 3.8) is 0 Å². The van der Waals surface area contributed by atoms with E-state index < -0.39 is 11.6 Å². The molecule has 4 amide bonds. The fraction of sp³-hybridized carbons (Fsp3) is 0.488. The zero-order chi connectivity index (χ0) is 38.4. The first-order valence-corrected chi connectivity index (χ1v) is 20.3. The molecule has 1 unspecified atom stereocenters. The second-order valence-electron chi connectivity index (χ2n) is 15.8. The molecule has 3 aromatic carbocycles. The maximum atomic E-state index is 14.4. The number of rotatable bonds is 11. The zero-order valence-corrected chi connectivity index (χ0v) is 32.7. The summed E-state index contributed by atoms with van der Waals surface area (Å²) in [6.07, 6.45) is 6.49. The Kier molecular flexibility index (Phi) is 12.4. The Morgan fingerprint density at radius 3 is 2.15 bits per heavy atom. The molecule has 3 heterocycles. The molecule has 55 heavy (non-hydrogen) atoms.